The third kappa shape index (κ3) is 16.5. The van der Waals surface area contributed by atoms with Gasteiger partial charge in [0.05, 0.1) is 40.7 Å². The molecule has 0 aliphatic carbocycles. The Bertz CT molecular complexity index is 3330. The van der Waals surface area contributed by atoms with Crippen LogP contribution in [0.3, 0.4) is 0 Å². The number of hydrogen-bond acceptors (Lipinski definition) is 8. The van der Waals surface area contributed by atoms with Crippen LogP contribution in [0.4, 0.5) is 0 Å². The highest BCUT2D eigenvalue weighted by atomic mass is 35.5. The number of amides is 4. The molecule has 0 N–H and O–H groups in total. The summed E-state index contributed by atoms with van der Waals surface area (Å²) in [4.78, 5) is 66.5. The van der Waals surface area contributed by atoms with Gasteiger partial charge in [-0.05, 0) is 147 Å². The van der Waals surface area contributed by atoms with Crippen molar-refractivity contribution in [2.24, 2.45) is 11.8 Å². The van der Waals surface area contributed by atoms with E-state index in [4.69, 9.17) is 46.4 Å². The molecular weight excluding hydrogens is 1360 g/mol. The van der Waals surface area contributed by atoms with Crippen LogP contribution in [0.25, 0.3) is 0 Å². The Hall–Kier alpha value is -4.14. The molecule has 4 aliphatic rings. The minimum atomic E-state index is -0.938. The van der Waals surface area contributed by atoms with Gasteiger partial charge in [0.2, 0.25) is 11.8 Å². The van der Waals surface area contributed by atoms with Gasteiger partial charge >= 0.3 is 0 Å². The summed E-state index contributed by atoms with van der Waals surface area (Å²) in [6.45, 7) is 12.7. The molecule has 2 fully saturated rings. The second-order valence-electron chi connectivity index (χ2n) is 24.9. The first-order chi connectivity index (χ1) is 42.0. The van der Waals surface area contributed by atoms with E-state index in [1.165, 1.54) is 22.3 Å². The minimum absolute atomic E-state index is 0. The molecule has 6 aromatic carbocycles. The van der Waals surface area contributed by atoms with Crippen molar-refractivity contribution in [1.82, 2.24) is 29.4 Å². The summed E-state index contributed by atoms with van der Waals surface area (Å²) >= 11 is 25.9. The van der Waals surface area contributed by atoms with Gasteiger partial charge < -0.3 is 29.4 Å². The van der Waals surface area contributed by atoms with Gasteiger partial charge in [-0.3, -0.25) is 27.6 Å². The lowest BCUT2D eigenvalue weighted by Crippen LogP contribution is -2.56. The summed E-state index contributed by atoms with van der Waals surface area (Å²) in [6, 6.07) is 46.1. The van der Waals surface area contributed by atoms with Gasteiger partial charge in [-0.15, -0.1) is 24.8 Å². The van der Waals surface area contributed by atoms with Crippen molar-refractivity contribution in [1.29, 1.82) is 0 Å². The quantitative estimate of drug-likeness (QED) is 0.0834. The molecule has 92 heavy (non-hydrogen) atoms. The number of carbonyl (C=O) groups is 4. The average Bonchev–Trinajstić information content (AvgIpc) is 1.48. The van der Waals surface area contributed by atoms with Gasteiger partial charge in [-0.2, -0.15) is 27.0 Å². The van der Waals surface area contributed by atoms with Gasteiger partial charge in [-0.25, -0.2) is 0 Å². The second-order valence-corrected chi connectivity index (χ2v) is 30.1. The fourth-order valence-corrected chi connectivity index (χ4v) is 18.2. The van der Waals surface area contributed by atoms with Gasteiger partial charge in [0.1, 0.15) is 0 Å². The molecule has 6 aromatic rings. The maximum atomic E-state index is 14.1. The van der Waals surface area contributed by atoms with Gasteiger partial charge in [-0.1, -0.05) is 171 Å². The SMILES string of the molecule is CC(C)C(=O)N(C)C[C@](CCN1CCC2(CC1)c1ccccc1CS2=O)(c1ccc(Cl)c(Cl)c1)N(C)C(=O)c1ccccc1.CC(C)C(=O)N(C)C[C@](CCN1CCC2(CC1)c1ccccc1CS2=O)(c1ccc(Cl)c(Cl)c1)N(C)C(=O)c1ccccc1.Cl.Cl.S.S. The molecular formula is C70H88Cl6N6O6S4. The third-order valence-corrected chi connectivity index (χ3v) is 24.7. The summed E-state index contributed by atoms with van der Waals surface area (Å²) < 4.78 is 26.2. The van der Waals surface area contributed by atoms with Crippen LogP contribution < -0.4 is 0 Å². The molecule has 0 aromatic heterocycles. The standard InChI is InChI=1S/2C35H41Cl2N3O3S.2ClH.2H2S/c2*1-25(2)32(41)38(3)24-34(28-14-15-30(36)31(37)22-28,39(4)33(42)26-10-6-5-7-11-26)16-19-40-20-17-35(18-21-40)29-13-9-8-12-27(29)23-44(35)43;;;;/h2*5-15,22,25H,16-21,23-24H2,1-4H3;2*1H;2*1H2/t2*34-,44?;;;;/m11..../s1. The van der Waals surface area contributed by atoms with E-state index in [1.54, 1.807) is 45.8 Å². The molecule has 0 radical (unpaired) electrons. The zero-order valence-corrected chi connectivity index (χ0v) is 61.9. The Morgan fingerprint density at radius 1 is 0.478 bits per heavy atom. The van der Waals surface area contributed by atoms with E-state index in [0.29, 0.717) is 68.7 Å². The van der Waals surface area contributed by atoms with Crippen LogP contribution in [0.1, 0.15) is 120 Å². The van der Waals surface area contributed by atoms with Crippen molar-refractivity contribution >= 4 is 143 Å². The first-order valence-corrected chi connectivity index (χ1v) is 34.6. The van der Waals surface area contributed by atoms with Crippen LogP contribution in [-0.4, -0.2) is 142 Å². The van der Waals surface area contributed by atoms with E-state index < -0.39 is 32.7 Å². The highest BCUT2D eigenvalue weighted by Crippen LogP contribution is 2.49. The van der Waals surface area contributed by atoms with Crippen LogP contribution in [0.15, 0.2) is 146 Å². The van der Waals surface area contributed by atoms with Crippen molar-refractivity contribution < 1.29 is 27.6 Å². The number of likely N-dealkylation sites (tertiary alicyclic amines) is 2. The van der Waals surface area contributed by atoms with Crippen LogP contribution in [0, 0.1) is 11.8 Å². The molecule has 500 valence electrons. The Morgan fingerprint density at radius 2 is 0.793 bits per heavy atom. The van der Waals surface area contributed by atoms with Crippen molar-refractivity contribution in [2.45, 2.75) is 98.3 Å². The predicted molar refractivity (Wildman–Crippen MR) is 394 cm³/mol. The number of nitrogens with zero attached hydrogens (tertiary/aromatic N) is 6. The first-order valence-electron chi connectivity index (χ1n) is 30.4. The molecule has 2 spiro atoms. The topological polar surface area (TPSA) is 122 Å². The van der Waals surface area contributed by atoms with E-state index >= 15 is 0 Å². The molecule has 4 atom stereocenters. The molecule has 2 saturated heterocycles. The molecule has 0 bridgehead atoms. The second kappa shape index (κ2) is 33.7. The minimum Gasteiger partial charge on any atom is -0.343 e. The van der Waals surface area contributed by atoms with E-state index in [-0.39, 0.29) is 110 Å². The van der Waals surface area contributed by atoms with Gasteiger partial charge in [0.15, 0.2) is 0 Å². The van der Waals surface area contributed by atoms with Gasteiger partial charge in [0, 0.05) is 110 Å². The molecule has 4 amide bonds. The van der Waals surface area contributed by atoms with Crippen molar-refractivity contribution in [3.63, 3.8) is 0 Å². The predicted octanol–water partition coefficient (Wildman–Crippen LogP) is 14.5. The molecule has 12 nitrogen and oxygen atoms in total. The number of likely N-dealkylation sites (N-methyl/N-ethyl adjacent to an activating group) is 4. The lowest BCUT2D eigenvalue weighted by atomic mass is 9.82. The van der Waals surface area contributed by atoms with Gasteiger partial charge in [0.25, 0.3) is 11.8 Å². The molecule has 4 aliphatic heterocycles. The summed E-state index contributed by atoms with van der Waals surface area (Å²) in [5, 5.41) is 1.65. The van der Waals surface area contributed by atoms with E-state index in [9.17, 15) is 27.6 Å². The largest absolute Gasteiger partial charge is 0.343 e. The normalized spacial score (nSPS) is 18.2. The van der Waals surface area contributed by atoms with Crippen LogP contribution >= 0.6 is 98.2 Å². The monoisotopic (exact) mass is 1450 g/mol. The fraction of sp³-hybridized carbons (Fsp3) is 0.429. The summed E-state index contributed by atoms with van der Waals surface area (Å²) in [5.74, 6) is 0.563. The molecule has 2 unspecified atom stereocenters. The maximum Gasteiger partial charge on any atom is 0.254 e. The molecule has 0 saturated carbocycles. The Kier molecular flexibility index (Phi) is 28.8. The summed E-state index contributed by atoms with van der Waals surface area (Å²) in [5.41, 5.74) is 5.86. The number of hydrogen-bond donors (Lipinski definition) is 0. The van der Waals surface area contributed by atoms with Crippen LogP contribution in [-0.2, 0) is 63.3 Å². The Labute approximate surface area is 596 Å². The van der Waals surface area contributed by atoms with E-state index in [2.05, 4.69) is 46.2 Å². The highest BCUT2D eigenvalue weighted by Gasteiger charge is 2.50. The molecule has 4 heterocycles. The number of carbonyl (C=O) groups excluding carboxylic acids is 4. The van der Waals surface area contributed by atoms with Crippen LogP contribution in [0.5, 0.6) is 0 Å². The Balaban J connectivity index is 0.000000320. The van der Waals surface area contributed by atoms with Crippen LogP contribution in [0.2, 0.25) is 20.1 Å². The maximum absolute atomic E-state index is 14.1. The molecule has 22 heteroatoms. The van der Waals surface area contributed by atoms with E-state index in [0.717, 1.165) is 63.0 Å². The van der Waals surface area contributed by atoms with E-state index in [1.807, 2.05) is 139 Å². The number of halogens is 6. The third-order valence-electron chi connectivity index (χ3n) is 19.1. The summed E-state index contributed by atoms with van der Waals surface area (Å²) in [6.07, 6.45) is 4.40. The molecule has 10 rings (SSSR count). The highest BCUT2D eigenvalue weighted by molar-refractivity contribution is 7.85. The zero-order chi connectivity index (χ0) is 63.3. The number of benzene rings is 6. The number of rotatable bonds is 18. The lowest BCUT2D eigenvalue weighted by Gasteiger charge is -2.47. The number of fused-ring (bicyclic) bond motifs is 4. The summed E-state index contributed by atoms with van der Waals surface area (Å²) in [7, 11) is 5.35. The smallest absolute Gasteiger partial charge is 0.254 e. The van der Waals surface area contributed by atoms with Crippen molar-refractivity contribution in [2.75, 3.05) is 80.5 Å². The number of piperidine rings is 2. The lowest BCUT2D eigenvalue weighted by molar-refractivity contribution is -0.135. The first kappa shape index (κ1) is 78.6. The van der Waals surface area contributed by atoms with Crippen molar-refractivity contribution in [3.8, 4) is 0 Å². The fourth-order valence-electron chi connectivity index (χ4n) is 13.8. The Morgan fingerprint density at radius 3 is 1.11 bits per heavy atom. The zero-order valence-electron chi connectivity index (χ0n) is 53.6. The van der Waals surface area contributed by atoms with Crippen molar-refractivity contribution in [3.05, 3.63) is 210 Å². The average molecular weight is 1450 g/mol.